The zero-order chi connectivity index (χ0) is 36.9. The van der Waals surface area contributed by atoms with Gasteiger partial charge in [-0.3, -0.25) is 19.1 Å². The first-order valence-corrected chi connectivity index (χ1v) is 18.8. The van der Waals surface area contributed by atoms with Gasteiger partial charge in [-0.05, 0) is 61.9 Å². The first-order valence-electron chi connectivity index (χ1n) is 16.9. The number of likely N-dealkylation sites (tertiary alicyclic amines) is 1. The molecule has 51 heavy (non-hydrogen) atoms. The van der Waals surface area contributed by atoms with E-state index >= 15 is 0 Å². The second-order valence-corrected chi connectivity index (χ2v) is 17.0. The summed E-state index contributed by atoms with van der Waals surface area (Å²) in [5, 5.41) is 7.25. The number of fused-ring (bicyclic) bond motifs is 1. The van der Waals surface area contributed by atoms with Gasteiger partial charge in [0.05, 0.1) is 25.1 Å². The van der Waals surface area contributed by atoms with Crippen LogP contribution in [0.4, 0.5) is 5.82 Å². The number of amides is 3. The molecule has 5 atom stereocenters. The lowest BCUT2D eigenvalue weighted by Gasteiger charge is -2.36. The van der Waals surface area contributed by atoms with Gasteiger partial charge in [0.1, 0.15) is 35.3 Å². The summed E-state index contributed by atoms with van der Waals surface area (Å²) in [6.07, 6.45) is 3.53. The highest BCUT2D eigenvalue weighted by Crippen LogP contribution is 2.46. The molecule has 3 amide bonds. The quantitative estimate of drug-likeness (QED) is 0.230. The Balaban J connectivity index is 1.32. The predicted octanol–water partition coefficient (Wildman–Crippen LogP) is 4.14. The zero-order valence-electron chi connectivity index (χ0n) is 29.2. The van der Waals surface area contributed by atoms with E-state index in [2.05, 4.69) is 31.9 Å². The van der Waals surface area contributed by atoms with Gasteiger partial charge in [0.15, 0.2) is 0 Å². The number of rotatable bonds is 12. The van der Waals surface area contributed by atoms with Crippen LogP contribution in [0.2, 0.25) is 5.02 Å². The number of anilines is 1. The molecule has 1 aliphatic heterocycles. The maximum absolute atomic E-state index is 14.6. The zero-order valence-corrected chi connectivity index (χ0v) is 30.8. The number of halogens is 1. The van der Waals surface area contributed by atoms with Crippen molar-refractivity contribution in [3.63, 3.8) is 0 Å². The lowest BCUT2D eigenvalue weighted by atomic mass is 9.85. The molecule has 0 bridgehead atoms. The molecule has 1 saturated heterocycles. The van der Waals surface area contributed by atoms with Crippen LogP contribution < -0.4 is 24.8 Å². The molecule has 1 unspecified atom stereocenters. The summed E-state index contributed by atoms with van der Waals surface area (Å²) in [4.78, 5) is 52.9. The molecule has 272 valence electrons. The van der Waals surface area contributed by atoms with E-state index in [0.717, 1.165) is 5.69 Å². The van der Waals surface area contributed by atoms with E-state index in [-0.39, 0.29) is 31.2 Å². The summed E-state index contributed by atoms with van der Waals surface area (Å²) in [7, 11) is -2.35. The molecule has 3 N–H and O–H groups in total. The van der Waals surface area contributed by atoms with Crippen LogP contribution in [0.15, 0.2) is 55.3 Å². The molecule has 2 aliphatic carbocycles. The van der Waals surface area contributed by atoms with Crippen LogP contribution in [-0.2, 0) is 24.4 Å². The van der Waals surface area contributed by atoms with Crippen LogP contribution in [0, 0.1) is 18.3 Å². The second kappa shape index (κ2) is 13.6. The van der Waals surface area contributed by atoms with E-state index in [1.165, 1.54) is 24.3 Å². The van der Waals surface area contributed by atoms with Crippen molar-refractivity contribution in [3.05, 3.63) is 66.0 Å². The Kier molecular flexibility index (Phi) is 9.70. The third-order valence-corrected chi connectivity index (χ3v) is 11.7. The molecule has 15 heteroatoms. The molecule has 3 heterocycles. The molecule has 2 saturated carbocycles. The summed E-state index contributed by atoms with van der Waals surface area (Å²) in [5.74, 6) is -1.04. The van der Waals surface area contributed by atoms with Gasteiger partial charge in [0.2, 0.25) is 27.7 Å². The van der Waals surface area contributed by atoms with E-state index in [1.807, 2.05) is 39.8 Å². The normalized spacial score (nSPS) is 23.6. The van der Waals surface area contributed by atoms with Crippen molar-refractivity contribution in [1.82, 2.24) is 24.9 Å². The van der Waals surface area contributed by atoms with Gasteiger partial charge in [0, 0.05) is 33.8 Å². The number of hydrogen-bond donors (Lipinski definition) is 3. The summed E-state index contributed by atoms with van der Waals surface area (Å²) in [5.41, 5.74) is -1.39. The van der Waals surface area contributed by atoms with Gasteiger partial charge < -0.3 is 25.0 Å². The minimum absolute atomic E-state index is 0.0162. The Hall–Kier alpha value is -4.43. The molecular formula is C36H43ClN6O7S. The first-order chi connectivity index (χ1) is 24.1. The Labute approximate surface area is 302 Å². The average Bonchev–Trinajstić information content (AvgIpc) is 4.00. The minimum atomic E-state index is -3.88. The molecule has 2 aromatic heterocycles. The molecule has 1 aromatic carbocycles. The van der Waals surface area contributed by atoms with Gasteiger partial charge in [-0.2, -0.15) is 0 Å². The fourth-order valence-electron chi connectivity index (χ4n) is 6.56. The lowest BCUT2D eigenvalue weighted by Crippen LogP contribution is -2.58. The Morgan fingerprint density at radius 1 is 1.16 bits per heavy atom. The second-order valence-electron chi connectivity index (χ2n) is 14.6. The van der Waals surface area contributed by atoms with E-state index in [1.54, 1.807) is 24.3 Å². The molecule has 3 fully saturated rings. The van der Waals surface area contributed by atoms with Crippen LogP contribution >= 0.6 is 11.6 Å². The number of benzene rings is 1. The number of hydrogen-bond acceptors (Lipinski definition) is 10. The SMILES string of the molecule is C=C[C@@H]1C[C@]1(NC(=O)[C@@H]1C[C@@H](Oc2ncc(OC)c3ccc(Cl)cc23)CN1C(=O)C(Nc1cccc(C)n1)C(C)(C)C)C(=O)NS(=O)(=O)C1CC1. The van der Waals surface area contributed by atoms with E-state index < -0.39 is 62.1 Å². The number of aryl methyl sites for hydroxylation is 1. The van der Waals surface area contributed by atoms with Crippen LogP contribution in [0.1, 0.15) is 52.1 Å². The monoisotopic (exact) mass is 738 g/mol. The highest BCUT2D eigenvalue weighted by atomic mass is 35.5. The van der Waals surface area contributed by atoms with Gasteiger partial charge in [0.25, 0.3) is 5.91 Å². The van der Waals surface area contributed by atoms with Crippen molar-refractivity contribution in [1.29, 1.82) is 0 Å². The number of nitrogens with zero attached hydrogens (tertiary/aromatic N) is 3. The Bertz CT molecular complexity index is 2000. The molecular weight excluding hydrogens is 696 g/mol. The van der Waals surface area contributed by atoms with Gasteiger partial charge >= 0.3 is 0 Å². The molecule has 0 spiro atoms. The van der Waals surface area contributed by atoms with Crippen LogP contribution in [-0.4, -0.2) is 83.6 Å². The van der Waals surface area contributed by atoms with Gasteiger partial charge in [-0.25, -0.2) is 18.4 Å². The maximum atomic E-state index is 14.6. The number of ether oxygens (including phenoxy) is 2. The number of sulfonamides is 1. The standard InChI is InChI=1S/C36H43ClN6O7S/c1-7-21-17-36(21,34(46)42-51(47,48)24-12-13-24)41-31(44)27-16-23(50-32-26-15-22(37)11-14-25(26)28(49-6)18-38-32)19-43(27)33(45)30(35(3,4)5)40-29-10-8-9-20(2)39-29/h7-11,14-15,18,21,23-24,27,30H,1,12-13,16-17,19H2,2-6H3,(H,39,40)(H,41,44)(H,42,46)/t21-,23-,27+,30?,36-/m1/s1. The van der Waals surface area contributed by atoms with E-state index in [4.69, 9.17) is 21.1 Å². The third kappa shape index (κ3) is 7.48. The number of pyridine rings is 2. The summed E-state index contributed by atoms with van der Waals surface area (Å²) >= 11 is 6.34. The van der Waals surface area contributed by atoms with Crippen molar-refractivity contribution < 1.29 is 32.3 Å². The number of carbonyl (C=O) groups is 3. The lowest BCUT2D eigenvalue weighted by molar-refractivity contribution is -0.141. The molecule has 6 rings (SSSR count). The Morgan fingerprint density at radius 2 is 1.90 bits per heavy atom. The van der Waals surface area contributed by atoms with Crippen molar-refractivity contribution in [2.75, 3.05) is 19.0 Å². The maximum Gasteiger partial charge on any atom is 0.259 e. The topological polar surface area (TPSA) is 169 Å². The van der Waals surface area contributed by atoms with Gasteiger partial charge in [-0.15, -0.1) is 6.58 Å². The average molecular weight is 739 g/mol. The highest BCUT2D eigenvalue weighted by molar-refractivity contribution is 7.91. The molecule has 13 nitrogen and oxygen atoms in total. The Morgan fingerprint density at radius 3 is 2.53 bits per heavy atom. The van der Waals surface area contributed by atoms with E-state index in [9.17, 15) is 22.8 Å². The fraction of sp³-hybridized carbons (Fsp3) is 0.472. The number of methoxy groups -OCH3 is 1. The van der Waals surface area contributed by atoms with Crippen molar-refractivity contribution >= 4 is 55.9 Å². The predicted molar refractivity (Wildman–Crippen MR) is 193 cm³/mol. The first kappa shape index (κ1) is 36.4. The van der Waals surface area contributed by atoms with Crippen molar-refractivity contribution in [2.45, 2.75) is 82.4 Å². The molecule has 0 radical (unpaired) electrons. The fourth-order valence-corrected chi connectivity index (χ4v) is 8.09. The summed E-state index contributed by atoms with van der Waals surface area (Å²) < 4.78 is 39.5. The summed E-state index contributed by atoms with van der Waals surface area (Å²) in [6.45, 7) is 11.4. The molecule has 3 aromatic rings. The van der Waals surface area contributed by atoms with Gasteiger partial charge in [-0.1, -0.05) is 44.5 Å². The number of aromatic nitrogens is 2. The van der Waals surface area contributed by atoms with Crippen LogP contribution in [0.25, 0.3) is 10.8 Å². The minimum Gasteiger partial charge on any atom is -0.494 e. The van der Waals surface area contributed by atoms with E-state index in [0.29, 0.717) is 40.2 Å². The summed E-state index contributed by atoms with van der Waals surface area (Å²) in [6, 6.07) is 8.79. The number of carbonyl (C=O) groups excluding carboxylic acids is 3. The molecule has 3 aliphatic rings. The van der Waals surface area contributed by atoms with Crippen molar-refractivity contribution in [2.24, 2.45) is 11.3 Å². The van der Waals surface area contributed by atoms with Crippen molar-refractivity contribution in [3.8, 4) is 11.6 Å². The third-order valence-electron chi connectivity index (χ3n) is 9.67. The van der Waals surface area contributed by atoms with Crippen LogP contribution in [0.3, 0.4) is 0 Å². The largest absolute Gasteiger partial charge is 0.494 e. The smallest absolute Gasteiger partial charge is 0.259 e. The number of nitrogens with one attached hydrogen (secondary N) is 3. The highest BCUT2D eigenvalue weighted by Gasteiger charge is 2.62. The van der Waals surface area contributed by atoms with Crippen LogP contribution in [0.5, 0.6) is 11.6 Å².